The third kappa shape index (κ3) is 3.97. The molecule has 0 radical (unpaired) electrons. The van der Waals surface area contributed by atoms with E-state index in [1.165, 1.54) is 16.9 Å². The van der Waals surface area contributed by atoms with Gasteiger partial charge in [0.15, 0.2) is 0 Å². The van der Waals surface area contributed by atoms with Crippen LogP contribution in [0.4, 0.5) is 0 Å². The first-order chi connectivity index (χ1) is 12.5. The molecule has 4 nitrogen and oxygen atoms in total. The van der Waals surface area contributed by atoms with Crippen LogP contribution in [0.2, 0.25) is 0 Å². The Morgan fingerprint density at radius 1 is 1.19 bits per heavy atom. The fourth-order valence-corrected chi connectivity index (χ4v) is 5.10. The maximum Gasteiger partial charge on any atom is 0.285 e. The van der Waals surface area contributed by atoms with Crippen LogP contribution in [0.1, 0.15) is 25.3 Å². The Bertz CT molecular complexity index is 1080. The topological polar surface area (TPSA) is 51.4 Å². The summed E-state index contributed by atoms with van der Waals surface area (Å²) in [5.41, 5.74) is 2.25. The van der Waals surface area contributed by atoms with Gasteiger partial charge in [-0.05, 0) is 42.7 Å². The molecule has 0 N–H and O–H groups in total. The third-order valence-corrected chi connectivity index (χ3v) is 6.56. The van der Waals surface area contributed by atoms with Crippen molar-refractivity contribution >= 4 is 31.6 Å². The minimum Gasteiger partial charge on any atom is -0.312 e. The lowest BCUT2D eigenvalue weighted by Gasteiger charge is -2.03. The van der Waals surface area contributed by atoms with Gasteiger partial charge < -0.3 is 4.57 Å². The second-order valence-electron chi connectivity index (χ2n) is 6.07. The summed E-state index contributed by atoms with van der Waals surface area (Å²) in [6, 6.07) is 14.6. The molecule has 26 heavy (non-hydrogen) atoms. The number of benzene rings is 2. The number of unbranched alkanes of at least 4 members (excludes halogenated alkanes) is 1. The maximum absolute atomic E-state index is 12.6. The predicted octanol–water partition coefficient (Wildman–Crippen LogP) is 4.52. The van der Waals surface area contributed by atoms with Gasteiger partial charge in [0.2, 0.25) is 4.80 Å². The number of thiazole rings is 1. The van der Waals surface area contributed by atoms with Crippen molar-refractivity contribution in [3.63, 3.8) is 0 Å². The standard InChI is InChI=1S/C20H22N2O2S2/c1-3-5-9-16-12-13-18-19(15-16)25-20(22(18)14-4-2)21-26(23,24)17-10-7-6-8-11-17/h4,6-8,10-13,15H,2-3,5,9,14H2,1H3/b21-20-. The molecule has 3 rings (SSSR count). The summed E-state index contributed by atoms with van der Waals surface area (Å²) in [7, 11) is -3.75. The van der Waals surface area contributed by atoms with Crippen molar-refractivity contribution in [3.8, 4) is 0 Å². The predicted molar refractivity (Wildman–Crippen MR) is 108 cm³/mol. The fraction of sp³-hybridized carbons (Fsp3) is 0.250. The van der Waals surface area contributed by atoms with E-state index in [4.69, 9.17) is 0 Å². The van der Waals surface area contributed by atoms with Gasteiger partial charge in [-0.1, -0.05) is 55.0 Å². The first-order valence-electron chi connectivity index (χ1n) is 8.64. The van der Waals surface area contributed by atoms with E-state index in [2.05, 4.69) is 36.1 Å². The molecule has 0 amide bonds. The van der Waals surface area contributed by atoms with E-state index in [1.807, 2.05) is 4.57 Å². The molecule has 0 saturated carbocycles. The summed E-state index contributed by atoms with van der Waals surface area (Å²) in [6.07, 6.45) is 5.07. The van der Waals surface area contributed by atoms with Gasteiger partial charge in [-0.25, -0.2) is 0 Å². The molecule has 0 fully saturated rings. The molecule has 1 aromatic heterocycles. The summed E-state index contributed by atoms with van der Waals surface area (Å²) < 4.78 is 32.3. The van der Waals surface area contributed by atoms with Crippen LogP contribution >= 0.6 is 11.3 Å². The largest absolute Gasteiger partial charge is 0.312 e. The summed E-state index contributed by atoms with van der Waals surface area (Å²) >= 11 is 1.40. The molecule has 0 atom stereocenters. The molecule has 0 aliphatic heterocycles. The van der Waals surface area contributed by atoms with Gasteiger partial charge in [-0.15, -0.1) is 11.0 Å². The molecule has 0 spiro atoms. The van der Waals surface area contributed by atoms with E-state index in [1.54, 1.807) is 36.4 Å². The molecular formula is C20H22N2O2S2. The van der Waals surface area contributed by atoms with Gasteiger partial charge in [0.25, 0.3) is 10.0 Å². The van der Waals surface area contributed by atoms with E-state index in [-0.39, 0.29) is 4.90 Å². The summed E-state index contributed by atoms with van der Waals surface area (Å²) in [5, 5.41) is 0. The lowest BCUT2D eigenvalue weighted by molar-refractivity contribution is 0.596. The summed E-state index contributed by atoms with van der Waals surface area (Å²) in [4.78, 5) is 0.669. The average molecular weight is 387 g/mol. The molecule has 0 aliphatic rings. The van der Waals surface area contributed by atoms with Crippen molar-refractivity contribution in [2.45, 2.75) is 37.6 Å². The number of rotatable bonds is 7. The Balaban J connectivity index is 2.15. The SMILES string of the molecule is C=CCn1/c(=N/S(=O)(=O)c2ccccc2)sc2cc(CCCC)ccc21. The van der Waals surface area contributed by atoms with Gasteiger partial charge in [0.05, 0.1) is 15.1 Å². The number of sulfonamides is 1. The van der Waals surface area contributed by atoms with Crippen molar-refractivity contribution in [1.29, 1.82) is 0 Å². The van der Waals surface area contributed by atoms with Crippen molar-refractivity contribution in [2.24, 2.45) is 4.40 Å². The summed E-state index contributed by atoms with van der Waals surface area (Å²) in [6.45, 7) is 6.47. The van der Waals surface area contributed by atoms with Crippen LogP contribution in [0, 0.1) is 0 Å². The number of hydrogen-bond donors (Lipinski definition) is 0. The average Bonchev–Trinajstić information content (AvgIpc) is 2.97. The van der Waals surface area contributed by atoms with E-state index in [9.17, 15) is 8.42 Å². The second-order valence-corrected chi connectivity index (χ2v) is 8.68. The third-order valence-electron chi connectivity index (χ3n) is 4.12. The van der Waals surface area contributed by atoms with Gasteiger partial charge in [-0.2, -0.15) is 8.42 Å². The zero-order chi connectivity index (χ0) is 18.6. The van der Waals surface area contributed by atoms with Crippen LogP contribution < -0.4 is 4.80 Å². The Hall–Kier alpha value is -2.18. The summed E-state index contributed by atoms with van der Waals surface area (Å²) in [5.74, 6) is 0. The molecule has 136 valence electrons. The lowest BCUT2D eigenvalue weighted by atomic mass is 10.1. The fourth-order valence-electron chi connectivity index (χ4n) is 2.78. The number of fused-ring (bicyclic) bond motifs is 1. The van der Waals surface area contributed by atoms with Crippen molar-refractivity contribution in [3.05, 3.63) is 71.6 Å². The van der Waals surface area contributed by atoms with Crippen LogP contribution in [0.5, 0.6) is 0 Å². The molecule has 3 aromatic rings. The van der Waals surface area contributed by atoms with Gasteiger partial charge in [-0.3, -0.25) is 0 Å². The highest BCUT2D eigenvalue weighted by Crippen LogP contribution is 2.21. The number of hydrogen-bond acceptors (Lipinski definition) is 3. The van der Waals surface area contributed by atoms with Crippen LogP contribution in [0.3, 0.4) is 0 Å². The zero-order valence-electron chi connectivity index (χ0n) is 14.8. The number of aromatic nitrogens is 1. The smallest absolute Gasteiger partial charge is 0.285 e. The van der Waals surface area contributed by atoms with Crippen molar-refractivity contribution in [1.82, 2.24) is 4.57 Å². The molecule has 0 aliphatic carbocycles. The monoisotopic (exact) mass is 386 g/mol. The Morgan fingerprint density at radius 3 is 2.65 bits per heavy atom. The minimum atomic E-state index is -3.75. The quantitative estimate of drug-likeness (QED) is 0.561. The van der Waals surface area contributed by atoms with Gasteiger partial charge >= 0.3 is 0 Å². The van der Waals surface area contributed by atoms with Gasteiger partial charge in [0, 0.05) is 6.54 Å². The molecule has 0 unspecified atom stereocenters. The van der Waals surface area contributed by atoms with Crippen LogP contribution in [-0.2, 0) is 23.0 Å². The van der Waals surface area contributed by atoms with E-state index in [0.717, 1.165) is 29.5 Å². The molecule has 0 saturated heterocycles. The molecule has 6 heteroatoms. The molecule has 0 bridgehead atoms. The number of aryl methyl sites for hydroxylation is 1. The lowest BCUT2D eigenvalue weighted by Crippen LogP contribution is -2.16. The van der Waals surface area contributed by atoms with Crippen LogP contribution in [0.15, 0.2) is 70.5 Å². The molecule has 1 heterocycles. The van der Waals surface area contributed by atoms with Crippen molar-refractivity contribution in [2.75, 3.05) is 0 Å². The highest BCUT2D eigenvalue weighted by Gasteiger charge is 2.14. The Morgan fingerprint density at radius 2 is 1.96 bits per heavy atom. The van der Waals surface area contributed by atoms with E-state index < -0.39 is 10.0 Å². The first kappa shape index (κ1) is 18.6. The van der Waals surface area contributed by atoms with Crippen LogP contribution in [-0.4, -0.2) is 13.0 Å². The first-order valence-corrected chi connectivity index (χ1v) is 10.9. The van der Waals surface area contributed by atoms with Gasteiger partial charge in [0.1, 0.15) is 0 Å². The number of nitrogens with zero attached hydrogens (tertiary/aromatic N) is 2. The van der Waals surface area contributed by atoms with Crippen molar-refractivity contribution < 1.29 is 8.42 Å². The highest BCUT2D eigenvalue weighted by atomic mass is 32.2. The maximum atomic E-state index is 12.6. The normalized spacial score (nSPS) is 12.6. The Kier molecular flexibility index (Phi) is 5.74. The highest BCUT2D eigenvalue weighted by molar-refractivity contribution is 7.90. The van der Waals surface area contributed by atoms with Crippen LogP contribution in [0.25, 0.3) is 10.2 Å². The molecular weight excluding hydrogens is 364 g/mol. The number of allylic oxidation sites excluding steroid dienone is 1. The minimum absolute atomic E-state index is 0.200. The van der Waals surface area contributed by atoms with E-state index in [0.29, 0.717) is 11.3 Å². The van der Waals surface area contributed by atoms with E-state index >= 15 is 0 Å². The zero-order valence-corrected chi connectivity index (χ0v) is 16.4. The second kappa shape index (κ2) is 8.01. The molecule has 2 aromatic carbocycles. The Labute approximate surface area is 158 Å².